The molecule has 1 unspecified atom stereocenters. The van der Waals surface area contributed by atoms with E-state index in [2.05, 4.69) is 56.5 Å². The zero-order chi connectivity index (χ0) is 16.2. The van der Waals surface area contributed by atoms with E-state index in [1.54, 1.807) is 6.92 Å². The molecule has 1 atom stereocenters. The minimum atomic E-state index is -0.770. The summed E-state index contributed by atoms with van der Waals surface area (Å²) in [4.78, 5) is 13.2. The van der Waals surface area contributed by atoms with Crippen LogP contribution in [0.15, 0.2) is 36.4 Å². The maximum Gasteiger partial charge on any atom is 0.308 e. The maximum absolute atomic E-state index is 11.1. The quantitative estimate of drug-likeness (QED) is 0.802. The van der Waals surface area contributed by atoms with Crippen molar-refractivity contribution in [2.24, 2.45) is 5.92 Å². The Morgan fingerprint density at radius 2 is 1.81 bits per heavy atom. The second-order valence-electron chi connectivity index (χ2n) is 6.87. The van der Waals surface area contributed by atoms with Crippen LogP contribution in [-0.4, -0.2) is 24.2 Å². The first-order valence-corrected chi connectivity index (χ1v) is 7.34. The van der Waals surface area contributed by atoms with Gasteiger partial charge in [-0.15, -0.1) is 0 Å². The predicted molar refractivity (Wildman–Crippen MR) is 89.0 cm³/mol. The molecule has 0 aliphatic heterocycles. The van der Waals surface area contributed by atoms with Crippen LogP contribution in [0.5, 0.6) is 0 Å². The Bertz CT molecular complexity index is 497. The molecule has 0 aliphatic rings. The van der Waals surface area contributed by atoms with E-state index in [0.717, 1.165) is 11.3 Å². The largest absolute Gasteiger partial charge is 0.481 e. The molecule has 0 saturated heterocycles. The van der Waals surface area contributed by atoms with Gasteiger partial charge in [0, 0.05) is 18.8 Å². The highest BCUT2D eigenvalue weighted by Crippen LogP contribution is 2.25. The highest BCUT2D eigenvalue weighted by atomic mass is 16.4. The molecule has 116 valence electrons. The van der Waals surface area contributed by atoms with Gasteiger partial charge in [0.05, 0.1) is 5.92 Å². The van der Waals surface area contributed by atoms with Crippen LogP contribution in [0.2, 0.25) is 0 Å². The lowest BCUT2D eigenvalue weighted by Crippen LogP contribution is -2.33. The van der Waals surface area contributed by atoms with Crippen LogP contribution in [0.1, 0.15) is 40.2 Å². The summed E-state index contributed by atoms with van der Waals surface area (Å²) in [6.45, 7) is 15.3. The van der Waals surface area contributed by atoms with E-state index in [1.165, 1.54) is 5.56 Å². The number of aliphatic carboxylic acids is 1. The molecule has 3 heteroatoms. The summed E-state index contributed by atoms with van der Waals surface area (Å²) in [7, 11) is 0. The zero-order valence-corrected chi connectivity index (χ0v) is 13.8. The lowest BCUT2D eigenvalue weighted by atomic mass is 9.87. The minimum Gasteiger partial charge on any atom is -0.481 e. The van der Waals surface area contributed by atoms with E-state index < -0.39 is 11.9 Å². The number of benzene rings is 1. The lowest BCUT2D eigenvalue weighted by molar-refractivity contribution is -0.140. The predicted octanol–water partition coefficient (Wildman–Crippen LogP) is 4.09. The molecule has 0 radical (unpaired) electrons. The smallest absolute Gasteiger partial charge is 0.308 e. The molecule has 1 N–H and O–H groups in total. The lowest BCUT2D eigenvalue weighted by Gasteiger charge is -2.28. The van der Waals surface area contributed by atoms with Gasteiger partial charge in [0.15, 0.2) is 0 Å². The van der Waals surface area contributed by atoms with Gasteiger partial charge in [0.1, 0.15) is 0 Å². The van der Waals surface area contributed by atoms with Crippen molar-refractivity contribution >= 4 is 11.7 Å². The summed E-state index contributed by atoms with van der Waals surface area (Å²) in [6.07, 6.45) is 0. The van der Waals surface area contributed by atoms with E-state index in [1.807, 2.05) is 6.92 Å². The molecule has 1 aromatic carbocycles. The highest BCUT2D eigenvalue weighted by molar-refractivity contribution is 5.70. The van der Waals surface area contributed by atoms with Crippen LogP contribution in [0.25, 0.3) is 0 Å². The van der Waals surface area contributed by atoms with Crippen molar-refractivity contribution in [1.82, 2.24) is 0 Å². The molecule has 0 amide bonds. The van der Waals surface area contributed by atoms with Crippen LogP contribution in [0, 0.1) is 5.92 Å². The minimum absolute atomic E-state index is 0.117. The van der Waals surface area contributed by atoms with Crippen LogP contribution < -0.4 is 4.90 Å². The fraction of sp³-hybridized carbons (Fsp3) is 0.500. The molecule has 0 heterocycles. The number of rotatable bonds is 6. The number of hydrogen-bond donors (Lipinski definition) is 1. The Kier molecular flexibility index (Phi) is 5.59. The Morgan fingerprint density at radius 3 is 2.19 bits per heavy atom. The molecule has 3 nitrogen and oxygen atoms in total. The van der Waals surface area contributed by atoms with Crippen LogP contribution in [0.4, 0.5) is 5.69 Å². The molecule has 1 rings (SSSR count). The molecule has 1 aromatic rings. The summed E-state index contributed by atoms with van der Waals surface area (Å²) in [5.74, 6) is -1.18. The molecule has 0 aromatic heterocycles. The Hall–Kier alpha value is -1.77. The van der Waals surface area contributed by atoms with Gasteiger partial charge < -0.3 is 10.0 Å². The van der Waals surface area contributed by atoms with Gasteiger partial charge in [0.25, 0.3) is 0 Å². The monoisotopic (exact) mass is 289 g/mol. The summed E-state index contributed by atoms with van der Waals surface area (Å²) in [5.41, 5.74) is 3.45. The number of carbonyl (C=O) groups is 1. The van der Waals surface area contributed by atoms with Gasteiger partial charge in [-0.2, -0.15) is 0 Å². The zero-order valence-electron chi connectivity index (χ0n) is 13.8. The fourth-order valence-corrected chi connectivity index (χ4v) is 2.17. The third-order valence-corrected chi connectivity index (χ3v) is 3.48. The van der Waals surface area contributed by atoms with Gasteiger partial charge in [-0.1, -0.05) is 52.0 Å². The van der Waals surface area contributed by atoms with Crippen molar-refractivity contribution in [3.63, 3.8) is 0 Å². The fourth-order valence-electron chi connectivity index (χ4n) is 2.17. The van der Waals surface area contributed by atoms with Crippen LogP contribution >= 0.6 is 0 Å². The number of carboxylic acid groups (broad SMARTS) is 1. The van der Waals surface area contributed by atoms with E-state index in [-0.39, 0.29) is 5.41 Å². The van der Waals surface area contributed by atoms with E-state index in [9.17, 15) is 4.79 Å². The van der Waals surface area contributed by atoms with E-state index >= 15 is 0 Å². The Morgan fingerprint density at radius 1 is 1.29 bits per heavy atom. The molecule has 0 fully saturated rings. The normalized spacial score (nSPS) is 12.8. The van der Waals surface area contributed by atoms with Gasteiger partial charge in [-0.05, 0) is 30.0 Å². The standard InChI is InChI=1S/C18H27NO2/c1-13(2)11-19(12-14(3)17(20)21)16-9-7-15(8-10-16)18(4,5)6/h7-10,14H,1,11-12H2,2-6H3,(H,20,21). The second kappa shape index (κ2) is 6.79. The number of anilines is 1. The van der Waals surface area contributed by atoms with Crippen molar-refractivity contribution < 1.29 is 9.90 Å². The number of hydrogen-bond acceptors (Lipinski definition) is 2. The topological polar surface area (TPSA) is 40.5 Å². The molecule has 0 saturated carbocycles. The summed E-state index contributed by atoms with van der Waals surface area (Å²) < 4.78 is 0. The van der Waals surface area contributed by atoms with Gasteiger partial charge in [-0.3, -0.25) is 4.79 Å². The summed E-state index contributed by atoms with van der Waals surface area (Å²) >= 11 is 0. The van der Waals surface area contributed by atoms with Gasteiger partial charge >= 0.3 is 5.97 Å². The van der Waals surface area contributed by atoms with E-state index in [0.29, 0.717) is 13.1 Å². The number of nitrogens with zero attached hydrogens (tertiary/aromatic N) is 1. The van der Waals surface area contributed by atoms with Gasteiger partial charge in [-0.25, -0.2) is 0 Å². The van der Waals surface area contributed by atoms with Crippen LogP contribution in [-0.2, 0) is 10.2 Å². The van der Waals surface area contributed by atoms with Gasteiger partial charge in [0.2, 0.25) is 0 Å². The highest BCUT2D eigenvalue weighted by Gasteiger charge is 2.18. The third-order valence-electron chi connectivity index (χ3n) is 3.48. The molecule has 21 heavy (non-hydrogen) atoms. The number of carboxylic acids is 1. The van der Waals surface area contributed by atoms with Crippen molar-refractivity contribution in [3.8, 4) is 0 Å². The molecule has 0 bridgehead atoms. The maximum atomic E-state index is 11.1. The second-order valence-corrected chi connectivity index (χ2v) is 6.87. The first kappa shape index (κ1) is 17.3. The Balaban J connectivity index is 2.98. The SMILES string of the molecule is C=C(C)CN(CC(C)C(=O)O)c1ccc(C(C)(C)C)cc1. The third kappa shape index (κ3) is 5.25. The van der Waals surface area contributed by atoms with Crippen molar-refractivity contribution in [2.45, 2.75) is 40.0 Å². The first-order valence-electron chi connectivity index (χ1n) is 7.34. The summed E-state index contributed by atoms with van der Waals surface area (Å²) in [5, 5.41) is 9.11. The molecule has 0 aliphatic carbocycles. The molecule has 0 spiro atoms. The van der Waals surface area contributed by atoms with Crippen molar-refractivity contribution in [3.05, 3.63) is 42.0 Å². The summed E-state index contributed by atoms with van der Waals surface area (Å²) in [6, 6.07) is 8.37. The van der Waals surface area contributed by atoms with Crippen LogP contribution in [0.3, 0.4) is 0 Å². The molecular weight excluding hydrogens is 262 g/mol. The van der Waals surface area contributed by atoms with E-state index in [4.69, 9.17) is 5.11 Å². The Labute approximate surface area is 128 Å². The first-order chi connectivity index (χ1) is 9.61. The van der Waals surface area contributed by atoms with Crippen molar-refractivity contribution in [2.75, 3.05) is 18.0 Å². The average Bonchev–Trinajstić information content (AvgIpc) is 2.36. The molecular formula is C18H27NO2. The van der Waals surface area contributed by atoms with Crippen molar-refractivity contribution in [1.29, 1.82) is 0 Å². The average molecular weight is 289 g/mol.